The minimum atomic E-state index is -0.856. The third-order valence-corrected chi connectivity index (χ3v) is 3.99. The molecule has 0 saturated carbocycles. The molecule has 0 bridgehead atoms. The lowest BCUT2D eigenvalue weighted by Gasteiger charge is -2.12. The van der Waals surface area contributed by atoms with Gasteiger partial charge in [-0.25, -0.2) is 0 Å². The van der Waals surface area contributed by atoms with E-state index in [2.05, 4.69) is 21.2 Å². The van der Waals surface area contributed by atoms with Gasteiger partial charge in [0.25, 0.3) is 0 Å². The molecular formula is C15H20BrNO3. The topological polar surface area (TPSA) is 66.4 Å². The SMILES string of the molecule is CCCC(CNC(=O)Cc1ccc(C)c(Br)c1)C(=O)O. The van der Waals surface area contributed by atoms with Crippen molar-refractivity contribution < 1.29 is 14.7 Å². The molecule has 0 aliphatic carbocycles. The van der Waals surface area contributed by atoms with Crippen LogP contribution in [0.25, 0.3) is 0 Å². The number of hydrogen-bond acceptors (Lipinski definition) is 2. The van der Waals surface area contributed by atoms with Crippen molar-refractivity contribution in [3.63, 3.8) is 0 Å². The maximum absolute atomic E-state index is 11.8. The van der Waals surface area contributed by atoms with Crippen molar-refractivity contribution in [1.29, 1.82) is 0 Å². The smallest absolute Gasteiger partial charge is 0.308 e. The summed E-state index contributed by atoms with van der Waals surface area (Å²) in [6.45, 7) is 4.10. The summed E-state index contributed by atoms with van der Waals surface area (Å²) in [5.41, 5.74) is 2.02. The molecule has 1 rings (SSSR count). The first-order valence-electron chi connectivity index (χ1n) is 6.68. The fourth-order valence-corrected chi connectivity index (χ4v) is 2.32. The Morgan fingerprint density at radius 3 is 2.65 bits per heavy atom. The molecule has 1 aromatic carbocycles. The highest BCUT2D eigenvalue weighted by Gasteiger charge is 2.17. The molecule has 1 atom stereocenters. The Balaban J connectivity index is 2.50. The summed E-state index contributed by atoms with van der Waals surface area (Å²) in [5.74, 6) is -1.51. The van der Waals surface area contributed by atoms with E-state index in [1.165, 1.54) is 0 Å². The van der Waals surface area contributed by atoms with E-state index in [9.17, 15) is 9.59 Å². The molecule has 0 heterocycles. The largest absolute Gasteiger partial charge is 0.481 e. The van der Waals surface area contributed by atoms with E-state index >= 15 is 0 Å². The van der Waals surface area contributed by atoms with Crippen LogP contribution < -0.4 is 5.32 Å². The van der Waals surface area contributed by atoms with Crippen LogP contribution in [0.1, 0.15) is 30.9 Å². The van der Waals surface area contributed by atoms with Crippen LogP contribution in [0.4, 0.5) is 0 Å². The molecule has 0 fully saturated rings. The predicted molar refractivity (Wildman–Crippen MR) is 81.6 cm³/mol. The van der Waals surface area contributed by atoms with Crippen LogP contribution >= 0.6 is 15.9 Å². The number of carboxylic acid groups (broad SMARTS) is 1. The number of carbonyl (C=O) groups is 2. The van der Waals surface area contributed by atoms with E-state index in [-0.39, 0.29) is 18.9 Å². The molecule has 1 aromatic rings. The number of rotatable bonds is 7. The van der Waals surface area contributed by atoms with E-state index in [4.69, 9.17) is 5.11 Å². The van der Waals surface area contributed by atoms with Crippen LogP contribution in [0.15, 0.2) is 22.7 Å². The van der Waals surface area contributed by atoms with Gasteiger partial charge < -0.3 is 10.4 Å². The summed E-state index contributed by atoms with van der Waals surface area (Å²) >= 11 is 3.43. The quantitative estimate of drug-likeness (QED) is 0.801. The van der Waals surface area contributed by atoms with Gasteiger partial charge in [-0.3, -0.25) is 9.59 Å². The zero-order valence-corrected chi connectivity index (χ0v) is 13.4. The van der Waals surface area contributed by atoms with Gasteiger partial charge in [0.15, 0.2) is 0 Å². The van der Waals surface area contributed by atoms with Gasteiger partial charge in [-0.2, -0.15) is 0 Å². The van der Waals surface area contributed by atoms with Crippen LogP contribution in [0.2, 0.25) is 0 Å². The summed E-state index contributed by atoms with van der Waals surface area (Å²) in [6.07, 6.45) is 1.63. The lowest BCUT2D eigenvalue weighted by molar-refractivity contribution is -0.141. The minimum Gasteiger partial charge on any atom is -0.481 e. The summed E-state index contributed by atoms with van der Waals surface area (Å²) in [4.78, 5) is 22.8. The first-order valence-corrected chi connectivity index (χ1v) is 7.47. The van der Waals surface area contributed by atoms with Crippen molar-refractivity contribution in [3.05, 3.63) is 33.8 Å². The summed E-state index contributed by atoms with van der Waals surface area (Å²) in [5, 5.41) is 11.7. The predicted octanol–water partition coefficient (Wildman–Crippen LogP) is 2.92. The van der Waals surface area contributed by atoms with Crippen LogP contribution in [0, 0.1) is 12.8 Å². The molecule has 1 amide bonds. The number of halogens is 1. The van der Waals surface area contributed by atoms with Crippen LogP contribution in [0.3, 0.4) is 0 Å². The highest BCUT2D eigenvalue weighted by atomic mass is 79.9. The zero-order chi connectivity index (χ0) is 15.1. The average molecular weight is 342 g/mol. The first-order chi connectivity index (χ1) is 9.43. The molecule has 4 nitrogen and oxygen atoms in total. The Hall–Kier alpha value is -1.36. The molecule has 0 saturated heterocycles. The maximum Gasteiger partial charge on any atom is 0.308 e. The number of aryl methyl sites for hydroxylation is 1. The Morgan fingerprint density at radius 2 is 2.10 bits per heavy atom. The van der Waals surface area contributed by atoms with Gasteiger partial charge in [-0.15, -0.1) is 0 Å². The zero-order valence-electron chi connectivity index (χ0n) is 11.8. The molecule has 2 N–H and O–H groups in total. The van der Waals surface area contributed by atoms with Gasteiger partial charge in [0.2, 0.25) is 5.91 Å². The molecule has 20 heavy (non-hydrogen) atoms. The van der Waals surface area contributed by atoms with Gasteiger partial charge in [0, 0.05) is 11.0 Å². The number of amides is 1. The Morgan fingerprint density at radius 1 is 1.40 bits per heavy atom. The average Bonchev–Trinajstić information content (AvgIpc) is 2.38. The third-order valence-electron chi connectivity index (χ3n) is 3.13. The Bertz CT molecular complexity index is 488. The van der Waals surface area contributed by atoms with Crippen LogP contribution in [0.5, 0.6) is 0 Å². The fourth-order valence-electron chi connectivity index (χ4n) is 1.89. The third kappa shape index (κ3) is 5.33. The highest BCUT2D eigenvalue weighted by Crippen LogP contribution is 2.17. The second-order valence-electron chi connectivity index (χ2n) is 4.89. The van der Waals surface area contributed by atoms with E-state index in [0.717, 1.165) is 22.0 Å². The molecular weight excluding hydrogens is 322 g/mol. The van der Waals surface area contributed by atoms with Gasteiger partial charge >= 0.3 is 5.97 Å². The van der Waals surface area contributed by atoms with E-state index in [1.807, 2.05) is 32.0 Å². The highest BCUT2D eigenvalue weighted by molar-refractivity contribution is 9.10. The van der Waals surface area contributed by atoms with Crippen molar-refractivity contribution in [3.8, 4) is 0 Å². The van der Waals surface area contributed by atoms with Gasteiger partial charge in [0.1, 0.15) is 0 Å². The lowest BCUT2D eigenvalue weighted by atomic mass is 10.0. The monoisotopic (exact) mass is 341 g/mol. The van der Waals surface area contributed by atoms with E-state index in [0.29, 0.717) is 6.42 Å². The van der Waals surface area contributed by atoms with Crippen molar-refractivity contribution >= 4 is 27.8 Å². The number of hydrogen-bond donors (Lipinski definition) is 2. The van der Waals surface area contributed by atoms with E-state index in [1.54, 1.807) is 0 Å². The van der Waals surface area contributed by atoms with E-state index < -0.39 is 11.9 Å². The number of carbonyl (C=O) groups excluding carboxylic acids is 1. The van der Waals surface area contributed by atoms with Gasteiger partial charge in [-0.05, 0) is 30.5 Å². The fraction of sp³-hybridized carbons (Fsp3) is 0.467. The Labute approximate surface area is 127 Å². The van der Waals surface area contributed by atoms with Crippen LogP contribution in [-0.4, -0.2) is 23.5 Å². The van der Waals surface area contributed by atoms with Crippen molar-refractivity contribution in [2.45, 2.75) is 33.1 Å². The molecule has 0 aliphatic heterocycles. The normalized spacial score (nSPS) is 11.9. The van der Waals surface area contributed by atoms with Crippen molar-refractivity contribution in [2.24, 2.45) is 5.92 Å². The molecule has 5 heteroatoms. The second kappa shape index (κ2) is 8.04. The van der Waals surface area contributed by atoms with Gasteiger partial charge in [0.05, 0.1) is 12.3 Å². The Kier molecular flexibility index (Phi) is 6.71. The number of benzene rings is 1. The second-order valence-corrected chi connectivity index (χ2v) is 5.74. The maximum atomic E-state index is 11.8. The molecule has 0 aromatic heterocycles. The summed E-state index contributed by atoms with van der Waals surface area (Å²) in [7, 11) is 0. The molecule has 0 radical (unpaired) electrons. The van der Waals surface area contributed by atoms with Crippen molar-refractivity contribution in [2.75, 3.05) is 6.54 Å². The summed E-state index contributed by atoms with van der Waals surface area (Å²) < 4.78 is 0.970. The number of nitrogens with one attached hydrogen (secondary N) is 1. The molecule has 1 unspecified atom stereocenters. The summed E-state index contributed by atoms with van der Waals surface area (Å²) in [6, 6.07) is 5.76. The molecule has 110 valence electrons. The minimum absolute atomic E-state index is 0.150. The first kappa shape index (κ1) is 16.7. The number of aliphatic carboxylic acids is 1. The van der Waals surface area contributed by atoms with Crippen LogP contribution in [-0.2, 0) is 16.0 Å². The number of carboxylic acids is 1. The van der Waals surface area contributed by atoms with Gasteiger partial charge in [-0.1, -0.05) is 41.4 Å². The molecule has 0 spiro atoms. The standard InChI is InChI=1S/C15H20BrNO3/c1-3-4-12(15(19)20)9-17-14(18)8-11-6-5-10(2)13(16)7-11/h5-7,12H,3-4,8-9H2,1-2H3,(H,17,18)(H,19,20). The lowest BCUT2D eigenvalue weighted by Crippen LogP contribution is -2.33. The van der Waals surface area contributed by atoms with Crippen molar-refractivity contribution in [1.82, 2.24) is 5.32 Å². The molecule has 0 aliphatic rings.